The summed E-state index contributed by atoms with van der Waals surface area (Å²) in [6.07, 6.45) is 0. The first kappa shape index (κ1) is 13.5. The minimum Gasteiger partial charge on any atom is -0.326 e. The fourth-order valence-corrected chi connectivity index (χ4v) is 2.49. The van der Waals surface area contributed by atoms with E-state index >= 15 is 0 Å². The zero-order valence-electron chi connectivity index (χ0n) is 9.88. The number of nitro benzene ring substituents is 1. The molecule has 0 aromatic heterocycles. The Kier molecular flexibility index (Phi) is 4.13. The number of hydrogen-bond acceptors (Lipinski definition) is 4. The van der Waals surface area contributed by atoms with Crippen LogP contribution in [-0.4, -0.2) is 4.92 Å². The van der Waals surface area contributed by atoms with Crippen molar-refractivity contribution in [1.29, 1.82) is 0 Å². The van der Waals surface area contributed by atoms with E-state index in [1.165, 1.54) is 12.1 Å². The number of hydrogen-bond donors (Lipinski definition) is 1. The molecule has 0 aliphatic rings. The molecule has 0 amide bonds. The van der Waals surface area contributed by atoms with Gasteiger partial charge in [0.05, 0.1) is 9.82 Å². The van der Waals surface area contributed by atoms with Crippen LogP contribution < -0.4 is 5.73 Å². The summed E-state index contributed by atoms with van der Waals surface area (Å²) >= 11 is 1.03. The molecule has 4 nitrogen and oxygen atoms in total. The summed E-state index contributed by atoms with van der Waals surface area (Å²) in [6.45, 7) is 0.257. The monoisotopic (exact) mass is 278 g/mol. The second kappa shape index (κ2) is 5.81. The fourth-order valence-electron chi connectivity index (χ4n) is 1.57. The van der Waals surface area contributed by atoms with Crippen molar-refractivity contribution in [3.05, 3.63) is 64.0 Å². The van der Waals surface area contributed by atoms with Crippen molar-refractivity contribution >= 4 is 17.4 Å². The average Bonchev–Trinajstić information content (AvgIpc) is 2.41. The Morgan fingerprint density at radius 1 is 1.21 bits per heavy atom. The van der Waals surface area contributed by atoms with Gasteiger partial charge in [0, 0.05) is 17.5 Å². The molecule has 0 aliphatic carbocycles. The molecule has 19 heavy (non-hydrogen) atoms. The second-order valence-electron chi connectivity index (χ2n) is 3.80. The zero-order valence-corrected chi connectivity index (χ0v) is 10.7. The lowest BCUT2D eigenvalue weighted by Crippen LogP contribution is -1.97. The maximum Gasteiger partial charge on any atom is 0.283 e. The standard InChI is InChI=1S/C13H11FN2O2S/c14-10-7-9(8-15)5-6-12(10)19-13-4-2-1-3-11(13)16(17)18/h1-7H,8,15H2. The van der Waals surface area contributed by atoms with Crippen molar-refractivity contribution in [2.24, 2.45) is 5.73 Å². The molecule has 0 heterocycles. The van der Waals surface area contributed by atoms with Crippen LogP contribution in [0.4, 0.5) is 10.1 Å². The predicted molar refractivity (Wildman–Crippen MR) is 71.5 cm³/mol. The highest BCUT2D eigenvalue weighted by atomic mass is 32.2. The van der Waals surface area contributed by atoms with Crippen molar-refractivity contribution in [2.75, 3.05) is 0 Å². The third kappa shape index (κ3) is 3.10. The van der Waals surface area contributed by atoms with Crippen LogP contribution in [0, 0.1) is 15.9 Å². The number of halogens is 1. The van der Waals surface area contributed by atoms with Crippen molar-refractivity contribution < 1.29 is 9.31 Å². The number of para-hydroxylation sites is 1. The van der Waals surface area contributed by atoms with Gasteiger partial charge in [-0.2, -0.15) is 0 Å². The topological polar surface area (TPSA) is 69.2 Å². The minimum atomic E-state index is -0.478. The maximum atomic E-state index is 13.8. The molecule has 0 radical (unpaired) electrons. The molecule has 0 unspecified atom stereocenters. The summed E-state index contributed by atoms with van der Waals surface area (Å²) in [5.41, 5.74) is 6.07. The third-order valence-electron chi connectivity index (χ3n) is 2.51. The van der Waals surface area contributed by atoms with Crippen LogP contribution in [0.3, 0.4) is 0 Å². The highest BCUT2D eigenvalue weighted by Gasteiger charge is 2.15. The lowest BCUT2D eigenvalue weighted by Gasteiger charge is -2.05. The molecule has 0 spiro atoms. The van der Waals surface area contributed by atoms with Gasteiger partial charge in [-0.05, 0) is 23.8 Å². The third-order valence-corrected chi connectivity index (χ3v) is 3.63. The van der Waals surface area contributed by atoms with E-state index in [2.05, 4.69) is 0 Å². The minimum absolute atomic E-state index is 0.0326. The molecular weight excluding hydrogens is 267 g/mol. The first-order valence-electron chi connectivity index (χ1n) is 5.51. The Labute approximate surface area is 113 Å². The van der Waals surface area contributed by atoms with Crippen LogP contribution in [0.1, 0.15) is 5.56 Å². The van der Waals surface area contributed by atoms with E-state index in [4.69, 9.17) is 5.73 Å². The van der Waals surface area contributed by atoms with Gasteiger partial charge in [-0.25, -0.2) is 4.39 Å². The Morgan fingerprint density at radius 2 is 1.95 bits per heavy atom. The van der Waals surface area contributed by atoms with E-state index in [9.17, 15) is 14.5 Å². The van der Waals surface area contributed by atoms with E-state index in [0.29, 0.717) is 15.4 Å². The van der Waals surface area contributed by atoms with Crippen LogP contribution in [-0.2, 0) is 6.54 Å². The highest BCUT2D eigenvalue weighted by Crippen LogP contribution is 2.35. The predicted octanol–water partition coefficient (Wildman–Crippen LogP) is 3.34. The molecule has 0 saturated carbocycles. The van der Waals surface area contributed by atoms with Crippen LogP contribution in [0.25, 0.3) is 0 Å². The van der Waals surface area contributed by atoms with Crippen molar-refractivity contribution in [3.63, 3.8) is 0 Å². The van der Waals surface area contributed by atoms with Gasteiger partial charge in [0.2, 0.25) is 0 Å². The van der Waals surface area contributed by atoms with Gasteiger partial charge < -0.3 is 5.73 Å². The Morgan fingerprint density at radius 3 is 2.58 bits per heavy atom. The molecule has 6 heteroatoms. The lowest BCUT2D eigenvalue weighted by atomic mass is 10.2. The zero-order chi connectivity index (χ0) is 13.8. The normalized spacial score (nSPS) is 10.4. The molecule has 0 atom stereocenters. The SMILES string of the molecule is NCc1ccc(Sc2ccccc2[N+](=O)[O-])c(F)c1. The lowest BCUT2D eigenvalue weighted by molar-refractivity contribution is -0.387. The van der Waals surface area contributed by atoms with E-state index in [1.54, 1.807) is 30.3 Å². The average molecular weight is 278 g/mol. The number of nitrogens with two attached hydrogens (primary N) is 1. The van der Waals surface area contributed by atoms with Gasteiger partial charge in [0.15, 0.2) is 0 Å². The summed E-state index contributed by atoms with van der Waals surface area (Å²) in [4.78, 5) is 11.2. The first-order chi connectivity index (χ1) is 9.11. The summed E-state index contributed by atoms with van der Waals surface area (Å²) in [7, 11) is 0. The van der Waals surface area contributed by atoms with Gasteiger partial charge >= 0.3 is 0 Å². The summed E-state index contributed by atoms with van der Waals surface area (Å²) in [6, 6.07) is 10.9. The van der Waals surface area contributed by atoms with Gasteiger partial charge in [-0.15, -0.1) is 0 Å². The first-order valence-corrected chi connectivity index (χ1v) is 6.33. The molecule has 0 fully saturated rings. The largest absolute Gasteiger partial charge is 0.326 e. The molecular formula is C13H11FN2O2S. The molecule has 0 saturated heterocycles. The summed E-state index contributed by atoms with van der Waals surface area (Å²) < 4.78 is 13.8. The van der Waals surface area contributed by atoms with E-state index in [-0.39, 0.29) is 12.2 Å². The highest BCUT2D eigenvalue weighted by molar-refractivity contribution is 7.99. The van der Waals surface area contributed by atoms with E-state index in [1.807, 2.05) is 0 Å². The number of nitrogens with zero attached hydrogens (tertiary/aromatic N) is 1. The molecule has 2 N–H and O–H groups in total. The Hall–Kier alpha value is -1.92. The number of nitro groups is 1. The van der Waals surface area contributed by atoms with Gasteiger partial charge in [0.1, 0.15) is 5.82 Å². The Bertz CT molecular complexity index is 619. The van der Waals surface area contributed by atoms with E-state index in [0.717, 1.165) is 11.8 Å². The van der Waals surface area contributed by atoms with E-state index < -0.39 is 10.7 Å². The van der Waals surface area contributed by atoms with Crippen LogP contribution in [0.15, 0.2) is 52.3 Å². The molecule has 0 bridgehead atoms. The molecule has 2 aromatic carbocycles. The van der Waals surface area contributed by atoms with Crippen molar-refractivity contribution in [2.45, 2.75) is 16.3 Å². The maximum absolute atomic E-state index is 13.8. The van der Waals surface area contributed by atoms with Crippen molar-refractivity contribution in [1.82, 2.24) is 0 Å². The van der Waals surface area contributed by atoms with Gasteiger partial charge in [-0.3, -0.25) is 10.1 Å². The van der Waals surface area contributed by atoms with Crippen LogP contribution in [0.5, 0.6) is 0 Å². The van der Waals surface area contributed by atoms with Crippen LogP contribution >= 0.6 is 11.8 Å². The summed E-state index contributed by atoms with van der Waals surface area (Å²) in [5.74, 6) is -0.425. The van der Waals surface area contributed by atoms with Crippen molar-refractivity contribution in [3.8, 4) is 0 Å². The number of benzene rings is 2. The second-order valence-corrected chi connectivity index (χ2v) is 4.88. The number of rotatable bonds is 4. The smallest absolute Gasteiger partial charge is 0.283 e. The molecule has 2 aromatic rings. The molecule has 0 aliphatic heterocycles. The van der Waals surface area contributed by atoms with Crippen LogP contribution in [0.2, 0.25) is 0 Å². The van der Waals surface area contributed by atoms with Gasteiger partial charge in [0.25, 0.3) is 5.69 Å². The van der Waals surface area contributed by atoms with Gasteiger partial charge in [-0.1, -0.05) is 30.0 Å². The summed E-state index contributed by atoms with van der Waals surface area (Å²) in [5, 5.41) is 10.9. The Balaban J connectivity index is 2.34. The fraction of sp³-hybridized carbons (Fsp3) is 0.0769. The molecule has 98 valence electrons. The quantitative estimate of drug-likeness (QED) is 0.688. The molecule has 2 rings (SSSR count).